The minimum Gasteiger partial charge on any atom is -0.0843 e. The summed E-state index contributed by atoms with van der Waals surface area (Å²) in [5.74, 6) is 0. The van der Waals surface area contributed by atoms with Gasteiger partial charge in [-0.2, -0.15) is 0 Å². The molecular weight excluding hydrogens is 259 g/mol. The molecule has 0 nitrogen and oxygen atoms in total. The molecule has 82 valence electrons. The molecule has 0 fully saturated rings. The molecule has 1 aliphatic carbocycles. The van der Waals surface area contributed by atoms with Crippen LogP contribution >= 0.6 is 35.4 Å². The van der Waals surface area contributed by atoms with Crippen molar-refractivity contribution >= 4 is 40.3 Å². The van der Waals surface area contributed by atoms with Gasteiger partial charge in [0.1, 0.15) is 0 Å². The molecule has 3 heteroatoms. The van der Waals surface area contributed by atoms with E-state index in [2.05, 4.69) is 12.2 Å². The molecule has 1 aromatic rings. The van der Waals surface area contributed by atoms with E-state index in [-0.39, 0.29) is 0 Å². The van der Waals surface area contributed by atoms with Gasteiger partial charge in [-0.15, -0.1) is 0 Å². The molecule has 0 aliphatic heterocycles. The van der Waals surface area contributed by atoms with Gasteiger partial charge in [-0.05, 0) is 36.6 Å². The third-order valence-corrected chi connectivity index (χ3v) is 3.45. The van der Waals surface area contributed by atoms with Crippen LogP contribution < -0.4 is 0 Å². The number of halogens is 2. The van der Waals surface area contributed by atoms with E-state index in [0.29, 0.717) is 10.0 Å². The van der Waals surface area contributed by atoms with E-state index in [0.717, 1.165) is 28.8 Å². The second kappa shape index (κ2) is 5.13. The van der Waals surface area contributed by atoms with Gasteiger partial charge < -0.3 is 0 Å². The molecule has 0 atom stereocenters. The molecule has 1 aromatic carbocycles. The summed E-state index contributed by atoms with van der Waals surface area (Å²) in [5.41, 5.74) is 1.90. The van der Waals surface area contributed by atoms with Crippen LogP contribution in [0, 0.1) is 0 Å². The first-order valence-corrected chi connectivity index (χ1v) is 6.21. The summed E-state index contributed by atoms with van der Waals surface area (Å²) in [6.07, 6.45) is 8.42. The highest BCUT2D eigenvalue weighted by Gasteiger charge is 2.11. The third-order valence-electron chi connectivity index (χ3n) is 2.43. The first-order valence-electron chi connectivity index (χ1n) is 5.05. The maximum atomic E-state index is 6.11. The van der Waals surface area contributed by atoms with Gasteiger partial charge in [0.05, 0.1) is 4.86 Å². The minimum atomic E-state index is 0.647. The second-order valence-corrected chi connectivity index (χ2v) is 4.84. The first kappa shape index (κ1) is 11.8. The molecule has 0 heterocycles. The van der Waals surface area contributed by atoms with Crippen LogP contribution in [0.5, 0.6) is 0 Å². The van der Waals surface area contributed by atoms with Crippen molar-refractivity contribution in [3.8, 4) is 0 Å². The van der Waals surface area contributed by atoms with E-state index >= 15 is 0 Å². The molecule has 0 saturated heterocycles. The van der Waals surface area contributed by atoms with E-state index < -0.39 is 0 Å². The number of benzene rings is 1. The fourth-order valence-corrected chi connectivity index (χ4v) is 2.37. The topological polar surface area (TPSA) is 0 Å². The van der Waals surface area contributed by atoms with E-state index in [1.54, 1.807) is 12.1 Å². The molecule has 0 radical (unpaired) electrons. The van der Waals surface area contributed by atoms with Crippen molar-refractivity contribution in [1.82, 2.24) is 0 Å². The average Bonchev–Trinajstić information content (AvgIpc) is 2.32. The van der Waals surface area contributed by atoms with Crippen molar-refractivity contribution in [1.29, 1.82) is 0 Å². The standard InChI is InChI=1S/C13H10Cl2S/c14-10-6-7-12(15)11(8-10)13(16)9-4-2-1-3-5-9/h2,4-8H,1,3H2. The lowest BCUT2D eigenvalue weighted by Gasteiger charge is -2.10. The second-order valence-electron chi connectivity index (χ2n) is 3.59. The van der Waals surface area contributed by atoms with Gasteiger partial charge in [-0.25, -0.2) is 0 Å². The SMILES string of the molecule is S=C(C1=CCCC=C1)c1cc(Cl)ccc1Cl. The Morgan fingerprint density at radius 2 is 2.00 bits per heavy atom. The van der Waals surface area contributed by atoms with Gasteiger partial charge in [0.2, 0.25) is 0 Å². The highest BCUT2D eigenvalue weighted by molar-refractivity contribution is 7.81. The van der Waals surface area contributed by atoms with Gasteiger partial charge in [-0.1, -0.05) is 53.6 Å². The highest BCUT2D eigenvalue weighted by Crippen LogP contribution is 2.25. The molecule has 0 unspecified atom stereocenters. The molecule has 0 spiro atoms. The fraction of sp³-hybridized carbons (Fsp3) is 0.154. The zero-order chi connectivity index (χ0) is 11.5. The Bertz CT molecular complexity index is 487. The van der Waals surface area contributed by atoms with E-state index in [1.165, 1.54) is 0 Å². The van der Waals surface area contributed by atoms with Gasteiger partial charge in [0.25, 0.3) is 0 Å². The Kier molecular flexibility index (Phi) is 3.80. The van der Waals surface area contributed by atoms with Crippen LogP contribution in [0.1, 0.15) is 18.4 Å². The van der Waals surface area contributed by atoms with Gasteiger partial charge in [0, 0.05) is 15.6 Å². The number of hydrogen-bond donors (Lipinski definition) is 0. The Balaban J connectivity index is 2.37. The van der Waals surface area contributed by atoms with Crippen LogP contribution in [0.4, 0.5) is 0 Å². The van der Waals surface area contributed by atoms with Gasteiger partial charge in [-0.3, -0.25) is 0 Å². The molecule has 1 aliphatic rings. The number of hydrogen-bond acceptors (Lipinski definition) is 1. The van der Waals surface area contributed by atoms with Crippen LogP contribution in [-0.2, 0) is 0 Å². The zero-order valence-electron chi connectivity index (χ0n) is 8.54. The molecule has 0 bridgehead atoms. The Labute approximate surface area is 111 Å². The predicted octanol–water partition coefficient (Wildman–Crippen LogP) is 4.99. The smallest absolute Gasteiger partial charge is 0.0534 e. The molecule has 2 rings (SSSR count). The largest absolute Gasteiger partial charge is 0.0843 e. The van der Waals surface area contributed by atoms with Crippen molar-refractivity contribution < 1.29 is 0 Å². The zero-order valence-corrected chi connectivity index (χ0v) is 10.9. The fourth-order valence-electron chi connectivity index (χ4n) is 1.61. The van der Waals surface area contributed by atoms with Crippen LogP contribution in [-0.4, -0.2) is 4.86 Å². The maximum absolute atomic E-state index is 6.11. The Hall–Kier alpha value is -0.630. The third kappa shape index (κ3) is 2.54. The lowest BCUT2D eigenvalue weighted by molar-refractivity contribution is 1.03. The monoisotopic (exact) mass is 268 g/mol. The summed E-state index contributed by atoms with van der Waals surface area (Å²) in [5, 5.41) is 1.30. The molecule has 0 saturated carbocycles. The van der Waals surface area contributed by atoms with Crippen LogP contribution in [0.2, 0.25) is 10.0 Å². The van der Waals surface area contributed by atoms with Gasteiger partial charge in [0.15, 0.2) is 0 Å². The molecule has 0 N–H and O–H groups in total. The normalized spacial score (nSPS) is 14.8. The van der Waals surface area contributed by atoms with Crippen molar-refractivity contribution in [2.24, 2.45) is 0 Å². The molecule has 0 aromatic heterocycles. The average molecular weight is 269 g/mol. The van der Waals surface area contributed by atoms with Crippen molar-refractivity contribution in [2.45, 2.75) is 12.8 Å². The molecule has 0 amide bonds. The highest BCUT2D eigenvalue weighted by atomic mass is 35.5. The number of thiocarbonyl (C=S) groups is 1. The molecular formula is C13H10Cl2S. The lowest BCUT2D eigenvalue weighted by Crippen LogP contribution is -2.02. The van der Waals surface area contributed by atoms with Crippen LogP contribution in [0.25, 0.3) is 0 Å². The summed E-state index contributed by atoms with van der Waals surface area (Å²) in [6, 6.07) is 5.36. The quantitative estimate of drug-likeness (QED) is 0.538. The Morgan fingerprint density at radius 1 is 1.19 bits per heavy atom. The molecule has 16 heavy (non-hydrogen) atoms. The maximum Gasteiger partial charge on any atom is 0.0534 e. The van der Waals surface area contributed by atoms with Gasteiger partial charge >= 0.3 is 0 Å². The van der Waals surface area contributed by atoms with Crippen molar-refractivity contribution in [2.75, 3.05) is 0 Å². The number of allylic oxidation sites excluding steroid dienone is 4. The van der Waals surface area contributed by atoms with E-state index in [9.17, 15) is 0 Å². The number of rotatable bonds is 2. The summed E-state index contributed by atoms with van der Waals surface area (Å²) < 4.78 is 0. The summed E-state index contributed by atoms with van der Waals surface area (Å²) in [4.78, 5) is 0.767. The Morgan fingerprint density at radius 3 is 2.69 bits per heavy atom. The first-order chi connectivity index (χ1) is 7.68. The van der Waals surface area contributed by atoms with Crippen LogP contribution in [0.3, 0.4) is 0 Å². The summed E-state index contributed by atoms with van der Waals surface area (Å²) in [6.45, 7) is 0. The van der Waals surface area contributed by atoms with E-state index in [4.69, 9.17) is 35.4 Å². The van der Waals surface area contributed by atoms with E-state index in [1.807, 2.05) is 12.1 Å². The van der Waals surface area contributed by atoms with Crippen molar-refractivity contribution in [3.05, 3.63) is 57.6 Å². The lowest BCUT2D eigenvalue weighted by atomic mass is 9.99. The summed E-state index contributed by atoms with van der Waals surface area (Å²) >= 11 is 17.5. The summed E-state index contributed by atoms with van der Waals surface area (Å²) in [7, 11) is 0. The van der Waals surface area contributed by atoms with Crippen LogP contribution in [0.15, 0.2) is 42.0 Å². The predicted molar refractivity (Wildman–Crippen MR) is 74.6 cm³/mol. The minimum absolute atomic E-state index is 0.647. The van der Waals surface area contributed by atoms with Crippen molar-refractivity contribution in [3.63, 3.8) is 0 Å².